The first-order chi connectivity index (χ1) is 17.2. The van der Waals surface area contributed by atoms with E-state index in [9.17, 15) is 9.59 Å². The normalized spacial score (nSPS) is 10.9. The molecule has 2 aromatic carbocycles. The van der Waals surface area contributed by atoms with Crippen molar-refractivity contribution in [3.05, 3.63) is 48.7 Å². The monoisotopic (exact) mass is 494 g/mol. The van der Waals surface area contributed by atoms with E-state index in [-0.39, 0.29) is 30.3 Å². The molecule has 0 bridgehead atoms. The van der Waals surface area contributed by atoms with Gasteiger partial charge in [-0.25, -0.2) is 4.98 Å². The van der Waals surface area contributed by atoms with Gasteiger partial charge in [0.1, 0.15) is 12.3 Å². The number of amides is 2. The molecule has 0 atom stereocenters. The number of methoxy groups -OCH3 is 3. The fourth-order valence-electron chi connectivity index (χ4n) is 3.71. The minimum absolute atomic E-state index is 0.0780. The van der Waals surface area contributed by atoms with Crippen LogP contribution < -0.4 is 19.5 Å². The molecule has 1 N–H and O–H groups in total. The lowest BCUT2D eigenvalue weighted by Crippen LogP contribution is -2.44. The zero-order valence-corrected chi connectivity index (χ0v) is 21.9. The lowest BCUT2D eigenvalue weighted by molar-refractivity contribution is -0.139. The summed E-state index contributed by atoms with van der Waals surface area (Å²) < 4.78 is 17.8. The van der Waals surface area contributed by atoms with E-state index in [0.717, 1.165) is 11.3 Å². The number of benzene rings is 2. The average Bonchev–Trinajstić information content (AvgIpc) is 3.29. The SMILES string of the molecule is COc1ccc(-c2cn(-c3ccc(OC)c(OC)c3)c(NC(=O)CN(C(=O)C(C)C)C(C)C)n2)cc1. The van der Waals surface area contributed by atoms with Crippen LogP contribution in [0.25, 0.3) is 16.9 Å². The summed E-state index contributed by atoms with van der Waals surface area (Å²) in [5.74, 6) is 1.54. The minimum atomic E-state index is -0.341. The average molecular weight is 495 g/mol. The van der Waals surface area contributed by atoms with E-state index in [0.29, 0.717) is 28.8 Å². The highest BCUT2D eigenvalue weighted by molar-refractivity contribution is 5.94. The van der Waals surface area contributed by atoms with E-state index in [2.05, 4.69) is 5.32 Å². The maximum absolute atomic E-state index is 13.1. The fraction of sp³-hybridized carbons (Fsp3) is 0.370. The molecule has 9 nitrogen and oxygen atoms in total. The highest BCUT2D eigenvalue weighted by Crippen LogP contribution is 2.32. The van der Waals surface area contributed by atoms with E-state index in [1.807, 2.05) is 64.2 Å². The minimum Gasteiger partial charge on any atom is -0.497 e. The second-order valence-corrected chi connectivity index (χ2v) is 8.85. The smallest absolute Gasteiger partial charge is 0.246 e. The molecule has 3 rings (SSSR count). The zero-order valence-electron chi connectivity index (χ0n) is 21.9. The quantitative estimate of drug-likeness (QED) is 0.449. The lowest BCUT2D eigenvalue weighted by Gasteiger charge is -2.27. The Balaban J connectivity index is 2.00. The molecule has 0 saturated carbocycles. The Labute approximate surface area is 212 Å². The number of carbonyl (C=O) groups excluding carboxylic acids is 2. The highest BCUT2D eigenvalue weighted by Gasteiger charge is 2.24. The predicted molar refractivity (Wildman–Crippen MR) is 139 cm³/mol. The van der Waals surface area contributed by atoms with Gasteiger partial charge in [-0.1, -0.05) is 13.8 Å². The van der Waals surface area contributed by atoms with E-state index in [1.165, 1.54) is 0 Å². The number of carbonyl (C=O) groups is 2. The molecular weight excluding hydrogens is 460 g/mol. The molecule has 1 heterocycles. The summed E-state index contributed by atoms with van der Waals surface area (Å²) >= 11 is 0. The molecule has 9 heteroatoms. The van der Waals surface area contributed by atoms with Crippen molar-refractivity contribution in [1.29, 1.82) is 0 Å². The van der Waals surface area contributed by atoms with Gasteiger partial charge in [-0.15, -0.1) is 0 Å². The van der Waals surface area contributed by atoms with Crippen LogP contribution in [-0.4, -0.2) is 60.2 Å². The number of hydrogen-bond acceptors (Lipinski definition) is 6. The molecule has 1 aromatic heterocycles. The van der Waals surface area contributed by atoms with Gasteiger partial charge >= 0.3 is 0 Å². The van der Waals surface area contributed by atoms with Crippen molar-refractivity contribution >= 4 is 17.8 Å². The van der Waals surface area contributed by atoms with Gasteiger partial charge in [-0.2, -0.15) is 0 Å². The standard InChI is InChI=1S/C27H34N4O5/c1-17(2)26(33)30(18(3)4)16-25(32)29-27-28-22(19-8-11-21(34-5)12-9-19)15-31(27)20-10-13-23(35-6)24(14-20)36-7/h8-15,17-18H,16H2,1-7H3,(H,28,29,32). The molecule has 2 amide bonds. The number of hydrogen-bond donors (Lipinski definition) is 1. The molecule has 0 aliphatic carbocycles. The Morgan fingerprint density at radius 2 is 1.61 bits per heavy atom. The summed E-state index contributed by atoms with van der Waals surface area (Å²) in [5, 5.41) is 2.89. The summed E-state index contributed by atoms with van der Waals surface area (Å²) in [4.78, 5) is 32.0. The first kappa shape index (κ1) is 26.6. The van der Waals surface area contributed by atoms with Gasteiger partial charge in [0.2, 0.25) is 17.8 Å². The largest absolute Gasteiger partial charge is 0.497 e. The van der Waals surface area contributed by atoms with Crippen molar-refractivity contribution in [3.8, 4) is 34.2 Å². The van der Waals surface area contributed by atoms with Gasteiger partial charge in [0.15, 0.2) is 11.5 Å². The maximum Gasteiger partial charge on any atom is 0.246 e. The molecular formula is C27H34N4O5. The van der Waals surface area contributed by atoms with Crippen LogP contribution in [0.5, 0.6) is 17.2 Å². The summed E-state index contributed by atoms with van der Waals surface area (Å²) in [5.41, 5.74) is 2.22. The molecule has 0 unspecified atom stereocenters. The van der Waals surface area contributed by atoms with Gasteiger partial charge in [0.25, 0.3) is 0 Å². The molecule has 0 radical (unpaired) electrons. The molecule has 192 valence electrons. The third kappa shape index (κ3) is 5.97. The third-order valence-corrected chi connectivity index (χ3v) is 5.70. The van der Waals surface area contributed by atoms with Crippen LogP contribution in [0.2, 0.25) is 0 Å². The van der Waals surface area contributed by atoms with Crippen LogP contribution in [0.3, 0.4) is 0 Å². The first-order valence-corrected chi connectivity index (χ1v) is 11.7. The van der Waals surface area contributed by atoms with E-state index in [4.69, 9.17) is 19.2 Å². The van der Waals surface area contributed by atoms with E-state index in [1.54, 1.807) is 42.9 Å². The molecule has 0 spiro atoms. The van der Waals surface area contributed by atoms with Crippen LogP contribution in [0.15, 0.2) is 48.7 Å². The summed E-state index contributed by atoms with van der Waals surface area (Å²) in [6.45, 7) is 7.34. The Morgan fingerprint density at radius 3 is 2.17 bits per heavy atom. The van der Waals surface area contributed by atoms with Gasteiger partial charge in [0, 0.05) is 29.8 Å². The highest BCUT2D eigenvalue weighted by atomic mass is 16.5. The van der Waals surface area contributed by atoms with Crippen molar-refractivity contribution in [1.82, 2.24) is 14.5 Å². The molecule has 0 aliphatic rings. The molecule has 36 heavy (non-hydrogen) atoms. The predicted octanol–water partition coefficient (Wildman–Crippen LogP) is 4.40. The van der Waals surface area contributed by atoms with Crippen molar-refractivity contribution in [3.63, 3.8) is 0 Å². The number of aromatic nitrogens is 2. The molecule has 0 saturated heterocycles. The molecule has 0 aliphatic heterocycles. The zero-order chi connectivity index (χ0) is 26.4. The number of imidazole rings is 1. The summed E-state index contributed by atoms with van der Waals surface area (Å²) in [6.07, 6.45) is 1.83. The first-order valence-electron chi connectivity index (χ1n) is 11.7. The summed E-state index contributed by atoms with van der Waals surface area (Å²) in [7, 11) is 4.74. The number of ether oxygens (including phenoxy) is 3. The lowest BCUT2D eigenvalue weighted by atomic mass is 10.1. The molecule has 0 fully saturated rings. The molecule has 3 aromatic rings. The van der Waals surface area contributed by atoms with Gasteiger partial charge in [-0.05, 0) is 50.2 Å². The fourth-order valence-corrected chi connectivity index (χ4v) is 3.71. The van der Waals surface area contributed by atoms with Crippen molar-refractivity contribution in [2.24, 2.45) is 5.92 Å². The second-order valence-electron chi connectivity index (χ2n) is 8.85. The Morgan fingerprint density at radius 1 is 0.944 bits per heavy atom. The number of anilines is 1. The Hall–Kier alpha value is -4.01. The third-order valence-electron chi connectivity index (χ3n) is 5.70. The Bertz CT molecular complexity index is 1200. The second kappa shape index (κ2) is 11.6. The van der Waals surface area contributed by atoms with Crippen LogP contribution in [0.1, 0.15) is 27.7 Å². The van der Waals surface area contributed by atoms with Crippen molar-refractivity contribution in [2.75, 3.05) is 33.2 Å². The maximum atomic E-state index is 13.1. The van der Waals surface area contributed by atoms with E-state index >= 15 is 0 Å². The van der Waals surface area contributed by atoms with Crippen molar-refractivity contribution in [2.45, 2.75) is 33.7 Å². The van der Waals surface area contributed by atoms with Crippen molar-refractivity contribution < 1.29 is 23.8 Å². The topological polar surface area (TPSA) is 94.9 Å². The number of nitrogens with one attached hydrogen (secondary N) is 1. The van der Waals surface area contributed by atoms with Crippen LogP contribution >= 0.6 is 0 Å². The number of nitrogens with zero attached hydrogens (tertiary/aromatic N) is 3. The Kier molecular flexibility index (Phi) is 8.58. The van der Waals surface area contributed by atoms with Crippen LogP contribution in [0, 0.1) is 5.92 Å². The summed E-state index contributed by atoms with van der Waals surface area (Å²) in [6, 6.07) is 12.8. The van der Waals surface area contributed by atoms with Gasteiger partial charge < -0.3 is 19.1 Å². The van der Waals surface area contributed by atoms with Crippen LogP contribution in [0.4, 0.5) is 5.95 Å². The number of rotatable bonds is 10. The van der Waals surface area contributed by atoms with Crippen LogP contribution in [-0.2, 0) is 9.59 Å². The van der Waals surface area contributed by atoms with E-state index < -0.39 is 0 Å². The van der Waals surface area contributed by atoms with Gasteiger partial charge in [-0.3, -0.25) is 19.5 Å². The van der Waals surface area contributed by atoms with Gasteiger partial charge in [0.05, 0.1) is 32.7 Å².